The fraction of sp³-hybridized carbons (Fsp3) is 0.714. The first-order chi connectivity index (χ1) is 7.41. The molecule has 0 unspecified atom stereocenters. The number of nitrogens with two attached hydrogens (primary N) is 1. The van der Waals surface area contributed by atoms with Gasteiger partial charge in [-0.2, -0.15) is 0 Å². The van der Waals surface area contributed by atoms with Crippen molar-refractivity contribution in [2.75, 3.05) is 0 Å². The molecule has 1 heteroatoms. The van der Waals surface area contributed by atoms with Crippen LogP contribution in [0, 0.1) is 0 Å². The molecule has 0 aromatic rings. The third-order valence-electron chi connectivity index (χ3n) is 2.67. The Morgan fingerprint density at radius 2 is 1.20 bits per heavy atom. The highest BCUT2D eigenvalue weighted by Crippen LogP contribution is 2.10. The molecule has 0 bridgehead atoms. The Hall–Kier alpha value is -0.720. The Morgan fingerprint density at radius 3 is 1.67 bits per heavy atom. The second-order valence-corrected chi connectivity index (χ2v) is 4.12. The van der Waals surface area contributed by atoms with Crippen LogP contribution in [0.25, 0.3) is 0 Å². The van der Waals surface area contributed by atoms with Crippen molar-refractivity contribution in [3.8, 4) is 0 Å². The summed E-state index contributed by atoms with van der Waals surface area (Å²) in [6, 6.07) is 0. The second-order valence-electron chi connectivity index (χ2n) is 4.12. The van der Waals surface area contributed by atoms with E-state index in [9.17, 15) is 0 Å². The van der Waals surface area contributed by atoms with Crippen LogP contribution in [-0.2, 0) is 0 Å². The van der Waals surface area contributed by atoms with Crippen molar-refractivity contribution >= 4 is 0 Å². The zero-order valence-electron chi connectivity index (χ0n) is 10.1. The van der Waals surface area contributed by atoms with Crippen molar-refractivity contribution in [1.82, 2.24) is 0 Å². The van der Waals surface area contributed by atoms with E-state index in [1.807, 2.05) is 6.08 Å². The van der Waals surface area contributed by atoms with Crippen LogP contribution in [-0.4, -0.2) is 0 Å². The van der Waals surface area contributed by atoms with Crippen molar-refractivity contribution in [2.24, 2.45) is 5.73 Å². The minimum Gasteiger partial charge on any atom is -0.405 e. The molecule has 0 rings (SSSR count). The molecule has 0 spiro atoms. The lowest BCUT2D eigenvalue weighted by molar-refractivity contribution is 0.571. The third kappa shape index (κ3) is 13.3. The fourth-order valence-corrected chi connectivity index (χ4v) is 1.71. The first-order valence-corrected chi connectivity index (χ1v) is 6.39. The topological polar surface area (TPSA) is 26.0 Å². The minimum atomic E-state index is 1.15. The van der Waals surface area contributed by atoms with Crippen LogP contribution in [0.4, 0.5) is 0 Å². The van der Waals surface area contributed by atoms with Gasteiger partial charge in [-0.25, -0.2) is 0 Å². The van der Waals surface area contributed by atoms with Crippen LogP contribution in [0.15, 0.2) is 24.9 Å². The Kier molecular flexibility index (Phi) is 12.6. The molecule has 0 aliphatic rings. The molecule has 0 saturated heterocycles. The van der Waals surface area contributed by atoms with E-state index in [0.29, 0.717) is 0 Å². The fourth-order valence-electron chi connectivity index (χ4n) is 1.71. The van der Waals surface area contributed by atoms with Gasteiger partial charge < -0.3 is 5.73 Å². The summed E-state index contributed by atoms with van der Waals surface area (Å²) in [6.45, 7) is 3.73. The van der Waals surface area contributed by atoms with E-state index in [4.69, 9.17) is 5.73 Å². The summed E-state index contributed by atoms with van der Waals surface area (Å²) in [5, 5.41) is 0. The van der Waals surface area contributed by atoms with Gasteiger partial charge in [0, 0.05) is 0 Å². The van der Waals surface area contributed by atoms with E-state index >= 15 is 0 Å². The molecular weight excluding hydrogens is 182 g/mol. The van der Waals surface area contributed by atoms with Gasteiger partial charge in [0.05, 0.1) is 0 Å². The van der Waals surface area contributed by atoms with Crippen LogP contribution in [0.3, 0.4) is 0 Å². The highest BCUT2D eigenvalue weighted by Gasteiger charge is 1.91. The normalized spacial score (nSPS) is 10.9. The lowest BCUT2D eigenvalue weighted by Crippen LogP contribution is -1.81. The van der Waals surface area contributed by atoms with Crippen LogP contribution in [0.5, 0.6) is 0 Å². The molecule has 0 aliphatic carbocycles. The van der Waals surface area contributed by atoms with Gasteiger partial charge in [0.1, 0.15) is 0 Å². The molecule has 0 aromatic carbocycles. The van der Waals surface area contributed by atoms with Gasteiger partial charge in [-0.3, -0.25) is 0 Å². The number of allylic oxidation sites excluding steroid dienone is 2. The SMILES string of the molecule is C=CCCCCCCCCCCC=CN. The zero-order valence-corrected chi connectivity index (χ0v) is 10.1. The summed E-state index contributed by atoms with van der Waals surface area (Å²) < 4.78 is 0. The zero-order chi connectivity index (χ0) is 11.2. The molecule has 0 aromatic heterocycles. The number of hydrogen-bond acceptors (Lipinski definition) is 1. The van der Waals surface area contributed by atoms with E-state index in [0.717, 1.165) is 6.42 Å². The Labute approximate surface area is 95.4 Å². The third-order valence-corrected chi connectivity index (χ3v) is 2.67. The van der Waals surface area contributed by atoms with Crippen molar-refractivity contribution < 1.29 is 0 Å². The predicted octanol–water partition coefficient (Wildman–Crippen LogP) is 4.55. The number of rotatable bonds is 11. The molecule has 0 radical (unpaired) electrons. The van der Waals surface area contributed by atoms with Crippen molar-refractivity contribution in [3.63, 3.8) is 0 Å². The lowest BCUT2D eigenvalue weighted by Gasteiger charge is -2.00. The Bertz CT molecular complexity index is 149. The Morgan fingerprint density at radius 1 is 0.733 bits per heavy atom. The second kappa shape index (κ2) is 13.3. The predicted molar refractivity (Wildman–Crippen MR) is 69.7 cm³/mol. The van der Waals surface area contributed by atoms with Crippen LogP contribution in [0.2, 0.25) is 0 Å². The first kappa shape index (κ1) is 14.3. The maximum absolute atomic E-state index is 5.26. The van der Waals surface area contributed by atoms with Gasteiger partial charge in [-0.15, -0.1) is 6.58 Å². The first-order valence-electron chi connectivity index (χ1n) is 6.39. The molecule has 2 N–H and O–H groups in total. The monoisotopic (exact) mass is 209 g/mol. The van der Waals surface area contributed by atoms with Crippen LogP contribution < -0.4 is 5.73 Å². The van der Waals surface area contributed by atoms with Gasteiger partial charge in [-0.05, 0) is 31.9 Å². The molecule has 1 nitrogen and oxygen atoms in total. The molecule has 88 valence electrons. The van der Waals surface area contributed by atoms with Gasteiger partial charge in [0.15, 0.2) is 0 Å². The maximum atomic E-state index is 5.26. The minimum absolute atomic E-state index is 1.15. The molecule has 0 saturated carbocycles. The molecular formula is C14H27N. The van der Waals surface area contributed by atoms with Crippen molar-refractivity contribution in [3.05, 3.63) is 24.9 Å². The molecule has 0 atom stereocenters. The maximum Gasteiger partial charge on any atom is -0.0103 e. The molecule has 0 aliphatic heterocycles. The quantitative estimate of drug-likeness (QED) is 0.392. The summed E-state index contributed by atoms with van der Waals surface area (Å²) in [5.41, 5.74) is 5.26. The number of unbranched alkanes of at least 4 members (excludes halogenated alkanes) is 9. The van der Waals surface area contributed by atoms with E-state index < -0.39 is 0 Å². The van der Waals surface area contributed by atoms with E-state index in [-0.39, 0.29) is 0 Å². The van der Waals surface area contributed by atoms with Crippen molar-refractivity contribution in [1.29, 1.82) is 0 Å². The summed E-state index contributed by atoms with van der Waals surface area (Å²) in [6.07, 6.45) is 19.0. The van der Waals surface area contributed by atoms with Crippen LogP contribution >= 0.6 is 0 Å². The van der Waals surface area contributed by atoms with Gasteiger partial charge >= 0.3 is 0 Å². The van der Waals surface area contributed by atoms with Gasteiger partial charge in [0.2, 0.25) is 0 Å². The standard InChI is InChI=1S/C14H27N/c1-2-3-4-5-6-7-8-9-10-11-12-13-14-15/h2,13-14H,1,3-12,15H2. The van der Waals surface area contributed by atoms with E-state index in [2.05, 4.69) is 12.7 Å². The molecule has 0 amide bonds. The molecule has 15 heavy (non-hydrogen) atoms. The average Bonchev–Trinajstić information content (AvgIpc) is 2.26. The summed E-state index contributed by atoms with van der Waals surface area (Å²) >= 11 is 0. The van der Waals surface area contributed by atoms with Crippen LogP contribution in [0.1, 0.15) is 64.2 Å². The summed E-state index contributed by atoms with van der Waals surface area (Å²) in [7, 11) is 0. The number of hydrogen-bond donors (Lipinski definition) is 1. The molecule has 0 heterocycles. The van der Waals surface area contributed by atoms with E-state index in [1.54, 1.807) is 6.20 Å². The largest absolute Gasteiger partial charge is 0.405 e. The highest BCUT2D eigenvalue weighted by atomic mass is 14.5. The Balaban J connectivity index is 2.89. The summed E-state index contributed by atoms with van der Waals surface area (Å²) in [5.74, 6) is 0. The highest BCUT2D eigenvalue weighted by molar-refractivity contribution is 4.74. The van der Waals surface area contributed by atoms with Gasteiger partial charge in [0.25, 0.3) is 0 Å². The van der Waals surface area contributed by atoms with E-state index in [1.165, 1.54) is 57.8 Å². The lowest BCUT2D eigenvalue weighted by atomic mass is 10.1. The smallest absolute Gasteiger partial charge is 0.0103 e. The summed E-state index contributed by atoms with van der Waals surface area (Å²) in [4.78, 5) is 0. The average molecular weight is 209 g/mol. The molecule has 0 fully saturated rings. The van der Waals surface area contributed by atoms with Gasteiger partial charge in [-0.1, -0.05) is 50.7 Å². The van der Waals surface area contributed by atoms with Crippen molar-refractivity contribution in [2.45, 2.75) is 64.2 Å².